The molecule has 0 bridgehead atoms. The maximum absolute atomic E-state index is 9.38. The molecule has 3 fully saturated rings. The van der Waals surface area contributed by atoms with E-state index in [0.717, 1.165) is 80.4 Å². The number of ether oxygens (including phenoxy) is 1. The average molecular weight is 481 g/mol. The zero-order chi connectivity index (χ0) is 22.9. The molecule has 0 unspecified atom stereocenters. The molecule has 6 nitrogen and oxygen atoms in total. The fraction of sp³-hybridized carbons (Fsp3) is 0.630. The normalized spacial score (nSPS) is 24.6. The Labute approximate surface area is 206 Å². The van der Waals surface area contributed by atoms with Gasteiger partial charge in [0.05, 0.1) is 18.0 Å². The van der Waals surface area contributed by atoms with Crippen molar-refractivity contribution in [1.29, 1.82) is 0 Å². The van der Waals surface area contributed by atoms with Crippen LogP contribution in [0.4, 0.5) is 5.69 Å². The summed E-state index contributed by atoms with van der Waals surface area (Å²) in [4.78, 5) is 8.34. The fourth-order valence-corrected chi connectivity index (χ4v) is 6.72. The summed E-state index contributed by atoms with van der Waals surface area (Å²) in [6.45, 7) is 3.44. The van der Waals surface area contributed by atoms with Gasteiger partial charge in [-0.05, 0) is 75.3 Å². The first-order valence-electron chi connectivity index (χ1n) is 13.2. The summed E-state index contributed by atoms with van der Waals surface area (Å²) in [6.07, 6.45) is 13.3. The van der Waals surface area contributed by atoms with E-state index in [-0.39, 0.29) is 0 Å². The van der Waals surface area contributed by atoms with Gasteiger partial charge in [0.25, 0.3) is 0 Å². The maximum atomic E-state index is 9.38. The Balaban J connectivity index is 1.05. The van der Waals surface area contributed by atoms with Gasteiger partial charge in [-0.25, -0.2) is 9.50 Å². The smallest absolute Gasteiger partial charge is 0.212 e. The number of aliphatic hydroxyl groups excluding tert-OH is 1. The molecule has 6 rings (SSSR count). The highest BCUT2D eigenvalue weighted by molar-refractivity contribution is 7.16. The summed E-state index contributed by atoms with van der Waals surface area (Å²) < 4.78 is 8.13. The maximum Gasteiger partial charge on any atom is 0.212 e. The van der Waals surface area contributed by atoms with Gasteiger partial charge in [0.15, 0.2) is 0 Å². The molecule has 2 aromatic heterocycles. The van der Waals surface area contributed by atoms with Crippen LogP contribution in [0.2, 0.25) is 0 Å². The third-order valence-electron chi connectivity index (χ3n) is 8.28. The van der Waals surface area contributed by atoms with Crippen molar-refractivity contribution in [3.8, 4) is 11.3 Å². The molecule has 3 aliphatic rings. The third-order valence-corrected chi connectivity index (χ3v) is 9.36. The Morgan fingerprint density at radius 1 is 0.941 bits per heavy atom. The Hall–Kier alpha value is -1.96. The first-order chi connectivity index (χ1) is 16.7. The zero-order valence-corrected chi connectivity index (χ0v) is 20.8. The second kappa shape index (κ2) is 9.96. The predicted octanol–water partition coefficient (Wildman–Crippen LogP) is 5.51. The van der Waals surface area contributed by atoms with Gasteiger partial charge in [-0.2, -0.15) is 5.10 Å². The van der Waals surface area contributed by atoms with E-state index in [1.165, 1.54) is 30.0 Å². The summed E-state index contributed by atoms with van der Waals surface area (Å²) in [5.41, 5.74) is 3.43. The van der Waals surface area contributed by atoms with Crippen LogP contribution in [-0.2, 0) is 4.74 Å². The van der Waals surface area contributed by atoms with E-state index in [0.29, 0.717) is 24.5 Å². The highest BCUT2D eigenvalue weighted by Gasteiger charge is 2.26. The van der Waals surface area contributed by atoms with Crippen molar-refractivity contribution in [2.75, 3.05) is 31.2 Å². The van der Waals surface area contributed by atoms with E-state index in [1.807, 2.05) is 4.52 Å². The van der Waals surface area contributed by atoms with Gasteiger partial charge in [-0.15, -0.1) is 0 Å². The Morgan fingerprint density at radius 2 is 1.71 bits per heavy atom. The highest BCUT2D eigenvalue weighted by Crippen LogP contribution is 2.38. The van der Waals surface area contributed by atoms with Gasteiger partial charge in [0.2, 0.25) is 4.96 Å². The number of benzene rings is 1. The number of piperidine rings is 1. The summed E-state index contributed by atoms with van der Waals surface area (Å²) in [5.74, 6) is 1.83. The van der Waals surface area contributed by atoms with Crippen LogP contribution in [0.5, 0.6) is 0 Å². The van der Waals surface area contributed by atoms with Gasteiger partial charge < -0.3 is 14.7 Å². The standard InChI is InChI=1S/C27H36N4O2S/c32-17-19-4-6-22(7-5-19)26-29-31-16-25(28-27(31)34-26)21-8-10-23(11-9-21)30-14-12-24(13-15-30)33-18-20-2-1-3-20/h8-11,16,19-20,22,24,32H,1-7,12-15,17-18H2/t19-,22-. The van der Waals surface area contributed by atoms with Crippen molar-refractivity contribution in [2.45, 2.75) is 69.8 Å². The van der Waals surface area contributed by atoms with Crippen LogP contribution in [0.1, 0.15) is 68.7 Å². The van der Waals surface area contributed by atoms with Gasteiger partial charge in [-0.3, -0.25) is 0 Å². The number of anilines is 1. The molecular weight excluding hydrogens is 444 g/mol. The molecule has 1 aliphatic heterocycles. The van der Waals surface area contributed by atoms with Crippen molar-refractivity contribution < 1.29 is 9.84 Å². The lowest BCUT2D eigenvalue weighted by atomic mass is 9.83. The van der Waals surface area contributed by atoms with Crippen LogP contribution in [0.25, 0.3) is 16.2 Å². The quantitative estimate of drug-likeness (QED) is 0.483. The SMILES string of the molecule is OC[C@H]1CC[C@H](c2nn3cc(-c4ccc(N5CCC(OCC6CCC6)CC5)cc4)nc3s2)CC1. The number of hydrogen-bond acceptors (Lipinski definition) is 6. The van der Waals surface area contributed by atoms with E-state index >= 15 is 0 Å². The minimum atomic E-state index is 0.323. The van der Waals surface area contributed by atoms with E-state index in [4.69, 9.17) is 14.8 Å². The lowest BCUT2D eigenvalue weighted by Crippen LogP contribution is -2.37. The van der Waals surface area contributed by atoms with Crippen molar-refractivity contribution in [1.82, 2.24) is 14.6 Å². The molecule has 0 atom stereocenters. The molecule has 2 saturated carbocycles. The molecule has 1 aromatic carbocycles. The van der Waals surface area contributed by atoms with Crippen LogP contribution < -0.4 is 4.90 Å². The molecule has 1 N–H and O–H groups in total. The van der Waals surface area contributed by atoms with Crippen molar-refractivity contribution in [3.63, 3.8) is 0 Å². The monoisotopic (exact) mass is 480 g/mol. The number of hydrogen-bond donors (Lipinski definition) is 1. The number of rotatable bonds is 7. The lowest BCUT2D eigenvalue weighted by molar-refractivity contribution is -0.000937. The molecule has 0 spiro atoms. The zero-order valence-electron chi connectivity index (χ0n) is 19.9. The Bertz CT molecular complexity index is 1040. The lowest BCUT2D eigenvalue weighted by Gasteiger charge is -2.35. The Kier molecular flexibility index (Phi) is 6.59. The fourth-order valence-electron chi connectivity index (χ4n) is 5.67. The molecule has 2 aliphatic carbocycles. The number of imidazole rings is 1. The molecule has 34 heavy (non-hydrogen) atoms. The molecule has 3 heterocycles. The molecule has 1 saturated heterocycles. The number of aliphatic hydroxyl groups is 1. The molecule has 7 heteroatoms. The van der Waals surface area contributed by atoms with E-state index in [1.54, 1.807) is 11.3 Å². The van der Waals surface area contributed by atoms with Crippen molar-refractivity contribution >= 4 is 22.0 Å². The Morgan fingerprint density at radius 3 is 2.35 bits per heavy atom. The topological polar surface area (TPSA) is 62.9 Å². The van der Waals surface area contributed by atoms with Crippen LogP contribution in [-0.4, -0.2) is 52.1 Å². The van der Waals surface area contributed by atoms with E-state index in [2.05, 4.69) is 35.4 Å². The third kappa shape index (κ3) is 4.75. The van der Waals surface area contributed by atoms with E-state index < -0.39 is 0 Å². The summed E-state index contributed by atoms with van der Waals surface area (Å²) in [5, 5.41) is 15.4. The molecule has 182 valence electrons. The summed E-state index contributed by atoms with van der Waals surface area (Å²) in [6, 6.07) is 8.85. The first-order valence-corrected chi connectivity index (χ1v) is 14.0. The van der Waals surface area contributed by atoms with Gasteiger partial charge >= 0.3 is 0 Å². The van der Waals surface area contributed by atoms with Crippen LogP contribution in [0, 0.1) is 11.8 Å². The largest absolute Gasteiger partial charge is 0.396 e. The highest BCUT2D eigenvalue weighted by atomic mass is 32.1. The summed E-state index contributed by atoms with van der Waals surface area (Å²) in [7, 11) is 0. The first kappa shape index (κ1) is 22.5. The van der Waals surface area contributed by atoms with Crippen LogP contribution in [0.3, 0.4) is 0 Å². The molecular formula is C27H36N4O2S. The second-order valence-corrected chi connectivity index (χ2v) is 11.5. The van der Waals surface area contributed by atoms with Gasteiger partial charge in [-0.1, -0.05) is 29.9 Å². The average Bonchev–Trinajstić information content (AvgIpc) is 3.44. The van der Waals surface area contributed by atoms with E-state index in [9.17, 15) is 5.11 Å². The minimum absolute atomic E-state index is 0.323. The van der Waals surface area contributed by atoms with Gasteiger partial charge in [0.1, 0.15) is 5.01 Å². The second-order valence-electron chi connectivity index (χ2n) is 10.6. The number of fused-ring (bicyclic) bond motifs is 1. The van der Waals surface area contributed by atoms with Crippen molar-refractivity contribution in [2.24, 2.45) is 11.8 Å². The molecule has 0 amide bonds. The molecule has 0 radical (unpaired) electrons. The number of aromatic nitrogens is 3. The number of nitrogens with zero attached hydrogens (tertiary/aromatic N) is 4. The molecule has 3 aromatic rings. The summed E-state index contributed by atoms with van der Waals surface area (Å²) >= 11 is 1.72. The minimum Gasteiger partial charge on any atom is -0.396 e. The van der Waals surface area contributed by atoms with Crippen molar-refractivity contribution in [3.05, 3.63) is 35.5 Å². The predicted molar refractivity (Wildman–Crippen MR) is 137 cm³/mol. The van der Waals surface area contributed by atoms with Gasteiger partial charge in [0, 0.05) is 43.5 Å². The van der Waals surface area contributed by atoms with Crippen LogP contribution in [0.15, 0.2) is 30.5 Å². The van der Waals surface area contributed by atoms with Crippen LogP contribution >= 0.6 is 11.3 Å².